The Kier molecular flexibility index (Phi) is 6.56. The van der Waals surface area contributed by atoms with Gasteiger partial charge in [-0.05, 0) is 36.0 Å². The number of thioether (sulfide) groups is 1. The largest absolute Gasteiger partial charge is 0.486 e. The van der Waals surface area contributed by atoms with Crippen LogP contribution in [0.5, 0.6) is 11.5 Å². The fourth-order valence-electron chi connectivity index (χ4n) is 2.25. The molecule has 0 unspecified atom stereocenters. The van der Waals surface area contributed by atoms with E-state index >= 15 is 0 Å². The van der Waals surface area contributed by atoms with Gasteiger partial charge in [0.1, 0.15) is 13.2 Å². The molecule has 0 aliphatic carbocycles. The summed E-state index contributed by atoms with van der Waals surface area (Å²) < 4.78 is 11.0. The Morgan fingerprint density at radius 3 is 2.62 bits per heavy atom. The minimum Gasteiger partial charge on any atom is -0.486 e. The topological polar surface area (TPSA) is 71.6 Å². The molecule has 1 heterocycles. The molecule has 0 fully saturated rings. The van der Waals surface area contributed by atoms with Crippen LogP contribution >= 0.6 is 24.0 Å². The average Bonchev–Trinajstić information content (AvgIpc) is 2.69. The highest BCUT2D eigenvalue weighted by atomic mass is 32.2. The van der Waals surface area contributed by atoms with Gasteiger partial charge in [0.25, 0.3) is 0 Å². The number of hydrogen-bond acceptors (Lipinski definition) is 5. The summed E-state index contributed by atoms with van der Waals surface area (Å²) in [6, 6.07) is 15.5. The standard InChI is InChI=1S/C18H19N3O3S2/c22-17(20-21-18(25)19-11-13-4-2-1-3-5-13)12-26-14-6-7-15-16(10-14)24-9-8-23-15/h1-7,10H,8-9,11-12H2,(H,20,22)(H2,19,21,25). The van der Waals surface area contributed by atoms with E-state index in [1.54, 1.807) is 0 Å². The SMILES string of the molecule is O=C(CSc1ccc2c(c1)OCCO2)NNC(=S)NCc1ccccc1. The van der Waals surface area contributed by atoms with Crippen LogP contribution in [0.15, 0.2) is 53.4 Å². The lowest BCUT2D eigenvalue weighted by molar-refractivity contribution is -0.119. The summed E-state index contributed by atoms with van der Waals surface area (Å²) in [5, 5.41) is 3.40. The number of hydrogen-bond donors (Lipinski definition) is 3. The van der Waals surface area contributed by atoms with Gasteiger partial charge in [0, 0.05) is 11.4 Å². The molecule has 0 spiro atoms. The summed E-state index contributed by atoms with van der Waals surface area (Å²) in [5.41, 5.74) is 6.39. The van der Waals surface area contributed by atoms with Crippen LogP contribution in [0.2, 0.25) is 0 Å². The summed E-state index contributed by atoms with van der Waals surface area (Å²) in [6.45, 7) is 1.69. The maximum Gasteiger partial charge on any atom is 0.248 e. The van der Waals surface area contributed by atoms with E-state index in [0.717, 1.165) is 16.2 Å². The number of carbonyl (C=O) groups is 1. The van der Waals surface area contributed by atoms with Crippen LogP contribution in [0.4, 0.5) is 0 Å². The van der Waals surface area contributed by atoms with Crippen molar-refractivity contribution in [1.29, 1.82) is 0 Å². The van der Waals surface area contributed by atoms with Crippen molar-refractivity contribution in [3.8, 4) is 11.5 Å². The van der Waals surface area contributed by atoms with Gasteiger partial charge in [0.05, 0.1) is 5.75 Å². The van der Waals surface area contributed by atoms with Crippen molar-refractivity contribution in [2.45, 2.75) is 11.4 Å². The van der Waals surface area contributed by atoms with Crippen molar-refractivity contribution in [3.05, 3.63) is 54.1 Å². The molecule has 1 amide bonds. The Morgan fingerprint density at radius 1 is 1.04 bits per heavy atom. The molecular formula is C18H19N3O3S2. The van der Waals surface area contributed by atoms with Crippen molar-refractivity contribution >= 4 is 35.0 Å². The van der Waals surface area contributed by atoms with Crippen LogP contribution in [0.3, 0.4) is 0 Å². The number of ether oxygens (including phenoxy) is 2. The highest BCUT2D eigenvalue weighted by Crippen LogP contribution is 2.33. The molecule has 0 saturated carbocycles. The third-order valence-electron chi connectivity index (χ3n) is 3.49. The molecule has 2 aromatic rings. The molecule has 1 aliphatic heterocycles. The zero-order chi connectivity index (χ0) is 18.2. The molecule has 8 heteroatoms. The maximum atomic E-state index is 11.9. The zero-order valence-electron chi connectivity index (χ0n) is 14.0. The average molecular weight is 390 g/mol. The number of thiocarbonyl (C=S) groups is 1. The predicted molar refractivity (Wildman–Crippen MR) is 105 cm³/mol. The number of nitrogens with one attached hydrogen (secondary N) is 3. The molecule has 1 aliphatic rings. The molecular weight excluding hydrogens is 370 g/mol. The van der Waals surface area contributed by atoms with Gasteiger partial charge in [0.15, 0.2) is 16.6 Å². The molecule has 0 radical (unpaired) electrons. The van der Waals surface area contributed by atoms with Gasteiger partial charge >= 0.3 is 0 Å². The van der Waals surface area contributed by atoms with Crippen LogP contribution in [-0.4, -0.2) is 30.0 Å². The van der Waals surface area contributed by atoms with Crippen molar-refractivity contribution in [2.75, 3.05) is 19.0 Å². The lowest BCUT2D eigenvalue weighted by Gasteiger charge is -2.18. The van der Waals surface area contributed by atoms with Crippen molar-refractivity contribution in [3.63, 3.8) is 0 Å². The minimum atomic E-state index is -0.172. The Hall–Kier alpha value is -2.45. The van der Waals surface area contributed by atoms with Gasteiger partial charge in [-0.15, -0.1) is 11.8 Å². The first-order valence-corrected chi connectivity index (χ1v) is 9.49. The van der Waals surface area contributed by atoms with Gasteiger partial charge in [0.2, 0.25) is 5.91 Å². The van der Waals surface area contributed by atoms with Crippen LogP contribution in [0, 0.1) is 0 Å². The second kappa shape index (κ2) is 9.30. The fourth-order valence-corrected chi connectivity index (χ4v) is 3.10. The van der Waals surface area contributed by atoms with Crippen molar-refractivity contribution in [2.24, 2.45) is 0 Å². The molecule has 0 bridgehead atoms. The normalized spacial score (nSPS) is 12.2. The molecule has 6 nitrogen and oxygen atoms in total. The summed E-state index contributed by atoms with van der Waals surface area (Å²) in [5.74, 6) is 1.54. The minimum absolute atomic E-state index is 0.172. The van der Waals surface area contributed by atoms with Crippen LogP contribution < -0.4 is 25.6 Å². The highest BCUT2D eigenvalue weighted by Gasteiger charge is 2.12. The van der Waals surface area contributed by atoms with Gasteiger partial charge in [-0.3, -0.25) is 15.6 Å². The number of fused-ring (bicyclic) bond motifs is 1. The smallest absolute Gasteiger partial charge is 0.248 e. The van der Waals surface area contributed by atoms with Gasteiger partial charge in [-0.25, -0.2) is 0 Å². The Balaban J connectivity index is 1.37. The first-order valence-electron chi connectivity index (χ1n) is 8.10. The van der Waals surface area contributed by atoms with Gasteiger partial charge in [-0.1, -0.05) is 30.3 Å². The summed E-state index contributed by atoms with van der Waals surface area (Å²) in [7, 11) is 0. The number of amides is 1. The Morgan fingerprint density at radius 2 is 1.81 bits per heavy atom. The van der Waals surface area contributed by atoms with Crippen molar-refractivity contribution in [1.82, 2.24) is 16.2 Å². The van der Waals surface area contributed by atoms with Crippen molar-refractivity contribution < 1.29 is 14.3 Å². The highest BCUT2D eigenvalue weighted by molar-refractivity contribution is 8.00. The summed E-state index contributed by atoms with van der Waals surface area (Å²) >= 11 is 6.55. The Bertz CT molecular complexity index is 772. The monoisotopic (exact) mass is 389 g/mol. The molecule has 2 aromatic carbocycles. The van der Waals surface area contributed by atoms with Crippen LogP contribution in [0.1, 0.15) is 5.56 Å². The first-order chi connectivity index (χ1) is 12.7. The lowest BCUT2D eigenvalue weighted by atomic mass is 10.2. The number of rotatable bonds is 5. The molecule has 136 valence electrons. The molecule has 3 rings (SSSR count). The Labute approximate surface area is 161 Å². The summed E-state index contributed by atoms with van der Waals surface area (Å²) in [6.07, 6.45) is 0. The zero-order valence-corrected chi connectivity index (χ0v) is 15.6. The van der Waals surface area contributed by atoms with E-state index in [-0.39, 0.29) is 11.7 Å². The maximum absolute atomic E-state index is 11.9. The molecule has 0 aromatic heterocycles. The van der Waals surface area contributed by atoms with E-state index in [1.807, 2.05) is 48.5 Å². The van der Waals surface area contributed by atoms with E-state index in [1.165, 1.54) is 11.8 Å². The van der Waals surface area contributed by atoms with Gasteiger partial charge < -0.3 is 14.8 Å². The van der Waals surface area contributed by atoms with Crippen LogP contribution in [0.25, 0.3) is 0 Å². The molecule has 0 saturated heterocycles. The first kappa shape index (κ1) is 18.3. The molecule has 26 heavy (non-hydrogen) atoms. The third-order valence-corrected chi connectivity index (χ3v) is 4.74. The number of benzene rings is 2. The predicted octanol–water partition coefficient (Wildman–Crippen LogP) is 2.25. The quantitative estimate of drug-likeness (QED) is 0.412. The van der Waals surface area contributed by atoms with Gasteiger partial charge in [-0.2, -0.15) is 0 Å². The third kappa shape index (κ3) is 5.53. The lowest BCUT2D eigenvalue weighted by Crippen LogP contribution is -2.47. The molecule has 0 atom stereocenters. The van der Waals surface area contributed by atoms with E-state index in [4.69, 9.17) is 21.7 Å². The second-order valence-corrected chi connectivity index (χ2v) is 6.89. The fraction of sp³-hybridized carbons (Fsp3) is 0.222. The summed E-state index contributed by atoms with van der Waals surface area (Å²) in [4.78, 5) is 12.9. The second-order valence-electron chi connectivity index (χ2n) is 5.44. The number of hydrazine groups is 1. The molecule has 3 N–H and O–H groups in total. The van der Waals surface area contributed by atoms with E-state index in [2.05, 4.69) is 16.2 Å². The van der Waals surface area contributed by atoms with E-state index in [0.29, 0.717) is 30.6 Å². The van der Waals surface area contributed by atoms with Crippen LogP contribution in [-0.2, 0) is 11.3 Å². The van der Waals surface area contributed by atoms with E-state index in [9.17, 15) is 4.79 Å². The van der Waals surface area contributed by atoms with E-state index < -0.39 is 0 Å². The number of carbonyl (C=O) groups excluding carboxylic acids is 1.